The number of alkyl halides is 8. The lowest BCUT2D eigenvalue weighted by Crippen LogP contribution is -2.60. The predicted octanol–water partition coefficient (Wildman–Crippen LogP) is 5.99. The smallest absolute Gasteiger partial charge is 0.416 e. The summed E-state index contributed by atoms with van der Waals surface area (Å²) in [5.74, 6) is -1.79. The fourth-order valence-electron chi connectivity index (χ4n) is 5.17. The number of nitrogens with one attached hydrogen (secondary N) is 1. The first-order chi connectivity index (χ1) is 21.5. The first kappa shape index (κ1) is 32.5. The first-order valence-corrected chi connectivity index (χ1v) is 13.5. The molecule has 3 aromatic rings. The average molecular weight is 658 g/mol. The van der Waals surface area contributed by atoms with Crippen molar-refractivity contribution in [2.45, 2.75) is 31.9 Å². The Labute approximate surface area is 255 Å². The third-order valence-corrected chi connectivity index (χ3v) is 7.45. The molecule has 8 nitrogen and oxygen atoms in total. The second-order valence-electron chi connectivity index (χ2n) is 10.5. The number of aryl methyl sites for hydroxylation is 1. The molecule has 16 heteroatoms. The minimum absolute atomic E-state index is 0.00255. The van der Waals surface area contributed by atoms with E-state index < -0.39 is 66.0 Å². The summed E-state index contributed by atoms with van der Waals surface area (Å²) < 4.78 is 115. The molecule has 0 unspecified atom stereocenters. The molecule has 0 saturated carbocycles. The SMILES string of the molecule is Cc1cc(OC(F)F)ccc1OCC(=O)N1CCN2C(=O)c3cc(-c4cc(C(F)(F)F)cc(C(F)(F)F)c4)ccc3NC(=O)[C@@H]2C1. The highest BCUT2D eigenvalue weighted by Crippen LogP contribution is 2.39. The standard InChI is InChI=1S/C30H23F8N3O5/c1-15-8-20(46-28(31)32)3-5-24(15)45-14-25(42)40-6-7-41-23(13-40)26(43)39-22-4-2-16(11-21(22)27(41)44)17-9-18(29(33,34)35)12-19(10-17)30(36,37)38/h2-5,8-12,23,28H,6-7,13-14H2,1H3,(H,39,43)/t23-/m0/s1. The van der Waals surface area contributed by atoms with Crippen molar-refractivity contribution in [1.82, 2.24) is 9.80 Å². The highest BCUT2D eigenvalue weighted by Gasteiger charge is 2.41. The number of hydrogen-bond donors (Lipinski definition) is 1. The van der Waals surface area contributed by atoms with Crippen LogP contribution in [0.3, 0.4) is 0 Å². The van der Waals surface area contributed by atoms with Gasteiger partial charge in [-0.15, -0.1) is 0 Å². The molecule has 2 aliphatic heterocycles. The molecule has 3 amide bonds. The summed E-state index contributed by atoms with van der Waals surface area (Å²) in [6, 6.07) is 7.32. The molecule has 0 spiro atoms. The minimum Gasteiger partial charge on any atom is -0.483 e. The number of ether oxygens (including phenoxy) is 2. The van der Waals surface area contributed by atoms with E-state index in [0.717, 1.165) is 6.07 Å². The lowest BCUT2D eigenvalue weighted by molar-refractivity contribution is -0.143. The van der Waals surface area contributed by atoms with Crippen molar-refractivity contribution in [3.05, 3.63) is 76.9 Å². The summed E-state index contributed by atoms with van der Waals surface area (Å²) >= 11 is 0. The minimum atomic E-state index is -5.07. The molecule has 1 N–H and O–H groups in total. The van der Waals surface area contributed by atoms with E-state index in [2.05, 4.69) is 10.1 Å². The van der Waals surface area contributed by atoms with E-state index >= 15 is 0 Å². The number of carbonyl (C=O) groups excluding carboxylic acids is 3. The van der Waals surface area contributed by atoms with Crippen LogP contribution in [0.5, 0.6) is 11.5 Å². The van der Waals surface area contributed by atoms with Crippen molar-refractivity contribution in [2.24, 2.45) is 0 Å². The van der Waals surface area contributed by atoms with Crippen molar-refractivity contribution < 1.29 is 59.0 Å². The maximum absolute atomic E-state index is 13.6. The van der Waals surface area contributed by atoms with Crippen molar-refractivity contribution in [1.29, 1.82) is 0 Å². The first-order valence-electron chi connectivity index (χ1n) is 13.5. The Balaban J connectivity index is 1.33. The molecule has 0 bridgehead atoms. The molecule has 46 heavy (non-hydrogen) atoms. The van der Waals surface area contributed by atoms with Crippen LogP contribution >= 0.6 is 0 Å². The number of hydrogen-bond acceptors (Lipinski definition) is 5. The summed E-state index contributed by atoms with van der Waals surface area (Å²) in [6.07, 6.45) is -10.1. The quantitative estimate of drug-likeness (QED) is 0.330. The van der Waals surface area contributed by atoms with Gasteiger partial charge in [-0.1, -0.05) is 6.07 Å². The van der Waals surface area contributed by atoms with Gasteiger partial charge in [-0.2, -0.15) is 35.1 Å². The Kier molecular flexibility index (Phi) is 8.57. The molecule has 0 radical (unpaired) electrons. The topological polar surface area (TPSA) is 88.2 Å². The van der Waals surface area contributed by atoms with Gasteiger partial charge in [-0.3, -0.25) is 14.4 Å². The third kappa shape index (κ3) is 6.84. The summed E-state index contributed by atoms with van der Waals surface area (Å²) in [7, 11) is 0. The van der Waals surface area contributed by atoms with Crippen LogP contribution in [0, 0.1) is 6.92 Å². The number of halogens is 8. The fraction of sp³-hybridized carbons (Fsp3) is 0.300. The normalized spacial score (nSPS) is 16.9. The summed E-state index contributed by atoms with van der Waals surface area (Å²) in [5, 5.41) is 2.55. The number of carbonyl (C=O) groups is 3. The van der Waals surface area contributed by atoms with Crippen LogP contribution < -0.4 is 14.8 Å². The van der Waals surface area contributed by atoms with Crippen LogP contribution in [-0.4, -0.2) is 66.4 Å². The van der Waals surface area contributed by atoms with Gasteiger partial charge in [0.05, 0.1) is 28.9 Å². The number of fused-ring (bicyclic) bond motifs is 2. The maximum atomic E-state index is 13.6. The lowest BCUT2D eigenvalue weighted by Gasteiger charge is -2.39. The monoisotopic (exact) mass is 657 g/mol. The van der Waals surface area contributed by atoms with E-state index in [1.165, 1.54) is 40.1 Å². The Morgan fingerprint density at radius 3 is 2.20 bits per heavy atom. The molecular weight excluding hydrogens is 634 g/mol. The molecule has 244 valence electrons. The highest BCUT2D eigenvalue weighted by molar-refractivity contribution is 6.10. The summed E-state index contributed by atoms with van der Waals surface area (Å²) in [6.45, 7) is -2.30. The molecule has 0 aromatic heterocycles. The van der Waals surface area contributed by atoms with E-state index in [9.17, 15) is 49.5 Å². The van der Waals surface area contributed by atoms with Crippen LogP contribution in [0.1, 0.15) is 27.0 Å². The Bertz CT molecular complexity index is 1660. The van der Waals surface area contributed by atoms with Crippen molar-refractivity contribution >= 4 is 23.4 Å². The van der Waals surface area contributed by atoms with Crippen LogP contribution in [0.15, 0.2) is 54.6 Å². The van der Waals surface area contributed by atoms with Gasteiger partial charge in [0.2, 0.25) is 5.91 Å². The van der Waals surface area contributed by atoms with Gasteiger partial charge >= 0.3 is 19.0 Å². The number of nitrogens with zero attached hydrogens (tertiary/aromatic N) is 2. The molecule has 1 saturated heterocycles. The van der Waals surface area contributed by atoms with E-state index in [0.29, 0.717) is 17.7 Å². The largest absolute Gasteiger partial charge is 0.483 e. The van der Waals surface area contributed by atoms with Gasteiger partial charge in [-0.05, 0) is 72.1 Å². The third-order valence-electron chi connectivity index (χ3n) is 7.45. The second-order valence-corrected chi connectivity index (χ2v) is 10.5. The molecule has 5 rings (SSSR count). The van der Waals surface area contributed by atoms with E-state index in [1.54, 1.807) is 6.92 Å². The molecular formula is C30H23F8N3O5. The van der Waals surface area contributed by atoms with Gasteiger partial charge < -0.3 is 24.6 Å². The van der Waals surface area contributed by atoms with Gasteiger partial charge in [0.25, 0.3) is 11.8 Å². The van der Waals surface area contributed by atoms with Crippen LogP contribution in [0.4, 0.5) is 40.8 Å². The second kappa shape index (κ2) is 12.1. The molecule has 1 atom stereocenters. The highest BCUT2D eigenvalue weighted by atomic mass is 19.4. The van der Waals surface area contributed by atoms with Crippen LogP contribution in [0.2, 0.25) is 0 Å². The van der Waals surface area contributed by atoms with Gasteiger partial charge in [0.15, 0.2) is 6.61 Å². The fourth-order valence-corrected chi connectivity index (χ4v) is 5.17. The van der Waals surface area contributed by atoms with Gasteiger partial charge in [0, 0.05) is 13.1 Å². The van der Waals surface area contributed by atoms with Crippen LogP contribution in [0.25, 0.3) is 11.1 Å². The van der Waals surface area contributed by atoms with Crippen molar-refractivity contribution in [2.75, 3.05) is 31.6 Å². The Morgan fingerprint density at radius 2 is 1.59 bits per heavy atom. The van der Waals surface area contributed by atoms with E-state index in [1.807, 2.05) is 0 Å². The number of anilines is 1. The zero-order valence-electron chi connectivity index (χ0n) is 23.6. The maximum Gasteiger partial charge on any atom is 0.416 e. The van der Waals surface area contributed by atoms with E-state index in [-0.39, 0.29) is 54.0 Å². The van der Waals surface area contributed by atoms with Crippen molar-refractivity contribution in [3.8, 4) is 22.6 Å². The Hall–Kier alpha value is -4.89. The number of piperazine rings is 1. The molecule has 1 fully saturated rings. The molecule has 3 aromatic carbocycles. The Morgan fingerprint density at radius 1 is 0.913 bits per heavy atom. The number of benzene rings is 3. The number of rotatable bonds is 6. The lowest BCUT2D eigenvalue weighted by atomic mass is 9.96. The van der Waals surface area contributed by atoms with Gasteiger partial charge in [0.1, 0.15) is 17.5 Å². The van der Waals surface area contributed by atoms with Crippen molar-refractivity contribution in [3.63, 3.8) is 0 Å². The zero-order chi connectivity index (χ0) is 33.6. The molecule has 2 heterocycles. The van der Waals surface area contributed by atoms with Crippen LogP contribution in [-0.2, 0) is 21.9 Å². The predicted molar refractivity (Wildman–Crippen MR) is 145 cm³/mol. The summed E-state index contributed by atoms with van der Waals surface area (Å²) in [5.41, 5.74) is -3.35. The number of amides is 3. The average Bonchev–Trinajstić information content (AvgIpc) is 3.08. The van der Waals surface area contributed by atoms with E-state index in [4.69, 9.17) is 4.74 Å². The molecule has 0 aliphatic carbocycles. The van der Waals surface area contributed by atoms with Gasteiger partial charge in [-0.25, -0.2) is 0 Å². The zero-order valence-corrected chi connectivity index (χ0v) is 23.6. The summed E-state index contributed by atoms with van der Waals surface area (Å²) in [4.78, 5) is 42.1. The molecule has 2 aliphatic rings.